The van der Waals surface area contributed by atoms with E-state index in [2.05, 4.69) is 5.32 Å². The topological polar surface area (TPSA) is 49.3 Å². The third-order valence-corrected chi connectivity index (χ3v) is 4.39. The molecular weight excluding hydrogens is 226 g/mol. The van der Waals surface area contributed by atoms with Crippen molar-refractivity contribution < 1.29 is 9.90 Å². The van der Waals surface area contributed by atoms with Crippen molar-refractivity contribution in [3.8, 4) is 0 Å². The fraction of sp³-hybridized carbons (Fsp3) is 0.933. The zero-order valence-electron chi connectivity index (χ0n) is 12.2. The van der Waals surface area contributed by atoms with Gasteiger partial charge in [0, 0.05) is 13.0 Å². The van der Waals surface area contributed by atoms with Crippen molar-refractivity contribution in [1.82, 2.24) is 5.32 Å². The van der Waals surface area contributed by atoms with Crippen LogP contribution in [-0.4, -0.2) is 23.2 Å². The summed E-state index contributed by atoms with van der Waals surface area (Å²) in [7, 11) is 0. The molecule has 0 spiro atoms. The van der Waals surface area contributed by atoms with E-state index in [9.17, 15) is 9.90 Å². The van der Waals surface area contributed by atoms with E-state index in [4.69, 9.17) is 0 Å². The molecule has 1 aliphatic rings. The van der Waals surface area contributed by atoms with Crippen LogP contribution in [0, 0.1) is 11.8 Å². The average molecular weight is 255 g/mol. The molecule has 0 heterocycles. The Labute approximate surface area is 111 Å². The highest BCUT2D eigenvalue weighted by Gasteiger charge is 2.25. The van der Waals surface area contributed by atoms with Crippen LogP contribution >= 0.6 is 0 Å². The third kappa shape index (κ3) is 5.38. The Kier molecular flexibility index (Phi) is 6.13. The maximum Gasteiger partial charge on any atom is 0.220 e. The van der Waals surface area contributed by atoms with Gasteiger partial charge in [0.05, 0.1) is 5.60 Å². The van der Waals surface area contributed by atoms with Gasteiger partial charge in [-0.1, -0.05) is 46.0 Å². The van der Waals surface area contributed by atoms with Crippen molar-refractivity contribution in [3.05, 3.63) is 0 Å². The second-order valence-corrected chi connectivity index (χ2v) is 6.33. The second-order valence-electron chi connectivity index (χ2n) is 6.33. The first-order valence-corrected chi connectivity index (χ1v) is 7.41. The SMILES string of the molecule is CC(C)C(C)(O)CNC(=O)CCC1CCCCC1. The number of rotatable bonds is 6. The molecule has 1 unspecified atom stereocenters. The van der Waals surface area contributed by atoms with Crippen molar-refractivity contribution >= 4 is 5.91 Å². The molecule has 0 aliphatic heterocycles. The highest BCUT2D eigenvalue weighted by Crippen LogP contribution is 2.27. The van der Waals surface area contributed by atoms with Crippen LogP contribution in [0.2, 0.25) is 0 Å². The number of aliphatic hydroxyl groups is 1. The van der Waals surface area contributed by atoms with E-state index < -0.39 is 5.60 Å². The molecule has 1 atom stereocenters. The normalized spacial score (nSPS) is 20.7. The van der Waals surface area contributed by atoms with Gasteiger partial charge in [-0.2, -0.15) is 0 Å². The summed E-state index contributed by atoms with van der Waals surface area (Å²) in [5.74, 6) is 0.979. The van der Waals surface area contributed by atoms with Gasteiger partial charge in [-0.05, 0) is 25.2 Å². The van der Waals surface area contributed by atoms with E-state index in [-0.39, 0.29) is 11.8 Å². The van der Waals surface area contributed by atoms with Crippen LogP contribution in [0.4, 0.5) is 0 Å². The summed E-state index contributed by atoms with van der Waals surface area (Å²) in [5.41, 5.74) is -0.805. The Morgan fingerprint density at radius 3 is 2.50 bits per heavy atom. The zero-order valence-corrected chi connectivity index (χ0v) is 12.2. The standard InChI is InChI=1S/C15H29NO2/c1-12(2)15(3,18)11-16-14(17)10-9-13-7-5-4-6-8-13/h12-13,18H,4-11H2,1-3H3,(H,16,17). The molecule has 1 fully saturated rings. The maximum absolute atomic E-state index is 11.7. The van der Waals surface area contributed by atoms with Crippen LogP contribution < -0.4 is 5.32 Å². The third-order valence-electron chi connectivity index (χ3n) is 4.39. The van der Waals surface area contributed by atoms with Gasteiger partial charge >= 0.3 is 0 Å². The minimum Gasteiger partial charge on any atom is -0.388 e. The molecule has 1 amide bonds. The van der Waals surface area contributed by atoms with Crippen molar-refractivity contribution in [2.45, 2.75) is 71.3 Å². The summed E-state index contributed by atoms with van der Waals surface area (Å²) in [5, 5.41) is 12.9. The summed E-state index contributed by atoms with van der Waals surface area (Å²) >= 11 is 0. The summed E-state index contributed by atoms with van der Waals surface area (Å²) < 4.78 is 0. The van der Waals surface area contributed by atoms with E-state index >= 15 is 0 Å². The van der Waals surface area contributed by atoms with Crippen LogP contribution in [0.25, 0.3) is 0 Å². The lowest BCUT2D eigenvalue weighted by molar-refractivity contribution is -0.123. The second kappa shape index (κ2) is 7.13. The highest BCUT2D eigenvalue weighted by molar-refractivity contribution is 5.75. The molecule has 0 saturated heterocycles. The molecule has 18 heavy (non-hydrogen) atoms. The molecule has 2 N–H and O–H groups in total. The van der Waals surface area contributed by atoms with Crippen LogP contribution in [0.1, 0.15) is 65.7 Å². The fourth-order valence-electron chi connectivity index (χ4n) is 2.38. The fourth-order valence-corrected chi connectivity index (χ4v) is 2.38. The number of nitrogens with one attached hydrogen (secondary N) is 1. The van der Waals surface area contributed by atoms with E-state index in [0.29, 0.717) is 13.0 Å². The number of amides is 1. The number of carbonyl (C=O) groups is 1. The summed E-state index contributed by atoms with van der Waals surface area (Å²) in [4.78, 5) is 11.7. The number of hydrogen-bond donors (Lipinski definition) is 2. The largest absolute Gasteiger partial charge is 0.388 e. The molecule has 0 aromatic rings. The monoisotopic (exact) mass is 255 g/mol. The van der Waals surface area contributed by atoms with E-state index in [1.807, 2.05) is 13.8 Å². The predicted octanol–water partition coefficient (Wildman–Crippen LogP) is 2.87. The lowest BCUT2D eigenvalue weighted by Crippen LogP contribution is -2.44. The van der Waals surface area contributed by atoms with Gasteiger partial charge in [-0.15, -0.1) is 0 Å². The van der Waals surface area contributed by atoms with Gasteiger partial charge in [-0.3, -0.25) is 4.79 Å². The van der Waals surface area contributed by atoms with Crippen molar-refractivity contribution in [3.63, 3.8) is 0 Å². The molecule has 1 saturated carbocycles. The number of hydrogen-bond acceptors (Lipinski definition) is 2. The summed E-state index contributed by atoms with van der Waals surface area (Å²) in [6, 6.07) is 0. The molecule has 0 aromatic heterocycles. The van der Waals surface area contributed by atoms with Gasteiger partial charge in [0.2, 0.25) is 5.91 Å². The predicted molar refractivity (Wildman–Crippen MR) is 74.3 cm³/mol. The quantitative estimate of drug-likeness (QED) is 0.766. The van der Waals surface area contributed by atoms with E-state index in [1.54, 1.807) is 6.92 Å². The molecule has 0 radical (unpaired) electrons. The number of carbonyl (C=O) groups excluding carboxylic acids is 1. The molecule has 1 aliphatic carbocycles. The first-order chi connectivity index (χ1) is 8.42. The average Bonchev–Trinajstić information content (AvgIpc) is 2.35. The first kappa shape index (κ1) is 15.5. The van der Waals surface area contributed by atoms with Crippen molar-refractivity contribution in [1.29, 1.82) is 0 Å². The Balaban J connectivity index is 2.17. The molecule has 0 bridgehead atoms. The summed E-state index contributed by atoms with van der Waals surface area (Å²) in [6.07, 6.45) is 8.21. The van der Waals surface area contributed by atoms with E-state index in [0.717, 1.165) is 12.3 Å². The minimum atomic E-state index is -0.805. The van der Waals surface area contributed by atoms with Crippen LogP contribution in [0.3, 0.4) is 0 Å². The van der Waals surface area contributed by atoms with Gasteiger partial charge in [0.1, 0.15) is 0 Å². The smallest absolute Gasteiger partial charge is 0.220 e. The lowest BCUT2D eigenvalue weighted by atomic mass is 9.86. The molecular formula is C15H29NO2. The molecule has 3 nitrogen and oxygen atoms in total. The zero-order chi connectivity index (χ0) is 13.6. The van der Waals surface area contributed by atoms with Gasteiger partial charge in [0.25, 0.3) is 0 Å². The van der Waals surface area contributed by atoms with Gasteiger partial charge in [-0.25, -0.2) is 0 Å². The van der Waals surface area contributed by atoms with Crippen LogP contribution in [0.15, 0.2) is 0 Å². The van der Waals surface area contributed by atoms with Gasteiger partial charge in [0.15, 0.2) is 0 Å². The molecule has 3 heteroatoms. The highest BCUT2D eigenvalue weighted by atomic mass is 16.3. The van der Waals surface area contributed by atoms with E-state index in [1.165, 1.54) is 32.1 Å². The molecule has 106 valence electrons. The van der Waals surface area contributed by atoms with Crippen LogP contribution in [-0.2, 0) is 4.79 Å². The molecule has 0 aromatic carbocycles. The Morgan fingerprint density at radius 2 is 1.94 bits per heavy atom. The summed E-state index contributed by atoms with van der Waals surface area (Å²) in [6.45, 7) is 6.07. The first-order valence-electron chi connectivity index (χ1n) is 7.41. The van der Waals surface area contributed by atoms with Crippen molar-refractivity contribution in [2.24, 2.45) is 11.8 Å². The van der Waals surface area contributed by atoms with Gasteiger partial charge < -0.3 is 10.4 Å². The Bertz CT molecular complexity index is 255. The minimum absolute atomic E-state index is 0.0847. The molecule has 1 rings (SSSR count). The maximum atomic E-state index is 11.7. The Hall–Kier alpha value is -0.570. The van der Waals surface area contributed by atoms with Crippen molar-refractivity contribution in [2.75, 3.05) is 6.54 Å². The lowest BCUT2D eigenvalue weighted by Gasteiger charge is -2.28. The Morgan fingerprint density at radius 1 is 1.33 bits per heavy atom. The van der Waals surface area contributed by atoms with Crippen LogP contribution in [0.5, 0.6) is 0 Å².